The average molecular weight is 286 g/mol. The third-order valence-electron chi connectivity index (χ3n) is 3.73. The van der Waals surface area contributed by atoms with E-state index in [1.54, 1.807) is 14.2 Å². The molecule has 0 aromatic rings. The number of hydrogen-bond acceptors (Lipinski definition) is 6. The molecule has 1 rings (SSSR count). The topological polar surface area (TPSA) is 78.9 Å². The van der Waals surface area contributed by atoms with Crippen molar-refractivity contribution >= 4 is 17.5 Å². The van der Waals surface area contributed by atoms with E-state index in [0.717, 1.165) is 6.42 Å². The molecule has 0 aliphatic heterocycles. The van der Waals surface area contributed by atoms with Crippen LogP contribution in [0.5, 0.6) is 0 Å². The zero-order chi connectivity index (χ0) is 15.1. The zero-order valence-corrected chi connectivity index (χ0v) is 12.2. The Morgan fingerprint density at radius 1 is 0.950 bits per heavy atom. The summed E-state index contributed by atoms with van der Waals surface area (Å²) in [5.41, 5.74) is 0. The zero-order valence-electron chi connectivity index (χ0n) is 12.2. The van der Waals surface area contributed by atoms with Gasteiger partial charge in [0.15, 0.2) is 5.78 Å². The molecule has 1 aliphatic rings. The standard InChI is InChI=1S/C14H22O6/c1-18-12-5-4-9(6-13(12)19-2)11(16)7-10(15)8-14(17)20-3/h9,12-13H,4-8H2,1-3H3. The van der Waals surface area contributed by atoms with Gasteiger partial charge in [-0.25, -0.2) is 0 Å². The number of esters is 1. The van der Waals surface area contributed by atoms with E-state index < -0.39 is 11.8 Å². The Morgan fingerprint density at radius 3 is 2.15 bits per heavy atom. The van der Waals surface area contributed by atoms with E-state index in [1.807, 2.05) is 0 Å². The highest BCUT2D eigenvalue weighted by atomic mass is 16.5. The third-order valence-corrected chi connectivity index (χ3v) is 3.73. The fraction of sp³-hybridized carbons (Fsp3) is 0.786. The number of ether oxygens (including phenoxy) is 3. The number of Topliss-reactive ketones (excluding diaryl/α,β-unsaturated/α-hetero) is 2. The van der Waals surface area contributed by atoms with E-state index in [4.69, 9.17) is 9.47 Å². The number of carbonyl (C=O) groups excluding carboxylic acids is 3. The monoisotopic (exact) mass is 286 g/mol. The lowest BCUT2D eigenvalue weighted by Gasteiger charge is -2.33. The molecule has 0 heterocycles. The fourth-order valence-corrected chi connectivity index (χ4v) is 2.55. The molecular weight excluding hydrogens is 264 g/mol. The number of hydrogen-bond donors (Lipinski definition) is 0. The van der Waals surface area contributed by atoms with E-state index in [2.05, 4.69) is 4.74 Å². The molecule has 0 spiro atoms. The lowest BCUT2D eigenvalue weighted by atomic mass is 9.81. The van der Waals surface area contributed by atoms with Gasteiger partial charge in [0, 0.05) is 20.1 Å². The molecule has 0 aromatic heterocycles. The van der Waals surface area contributed by atoms with Gasteiger partial charge in [0.25, 0.3) is 0 Å². The predicted molar refractivity (Wildman–Crippen MR) is 70.2 cm³/mol. The minimum atomic E-state index is -0.611. The second kappa shape index (κ2) is 8.11. The van der Waals surface area contributed by atoms with Crippen LogP contribution in [0.15, 0.2) is 0 Å². The van der Waals surface area contributed by atoms with Crippen LogP contribution in [0.2, 0.25) is 0 Å². The van der Waals surface area contributed by atoms with Gasteiger partial charge in [-0.3, -0.25) is 14.4 Å². The first-order chi connectivity index (χ1) is 9.51. The predicted octanol–water partition coefficient (Wildman–Crippen LogP) is 0.908. The molecule has 3 unspecified atom stereocenters. The summed E-state index contributed by atoms with van der Waals surface area (Å²) in [6.07, 6.45) is 1.28. The highest BCUT2D eigenvalue weighted by molar-refractivity contribution is 6.06. The maximum absolute atomic E-state index is 12.1. The van der Waals surface area contributed by atoms with Crippen LogP contribution in [-0.2, 0) is 28.6 Å². The summed E-state index contributed by atoms with van der Waals surface area (Å²) in [4.78, 5) is 34.6. The molecule has 1 fully saturated rings. The van der Waals surface area contributed by atoms with Crippen LogP contribution in [0, 0.1) is 5.92 Å². The summed E-state index contributed by atoms with van der Waals surface area (Å²) in [7, 11) is 4.43. The van der Waals surface area contributed by atoms with Gasteiger partial charge < -0.3 is 14.2 Å². The van der Waals surface area contributed by atoms with Crippen LogP contribution in [0.1, 0.15) is 32.1 Å². The highest BCUT2D eigenvalue weighted by Gasteiger charge is 2.34. The van der Waals surface area contributed by atoms with Crippen molar-refractivity contribution in [1.82, 2.24) is 0 Å². The minimum absolute atomic E-state index is 0.00480. The summed E-state index contributed by atoms with van der Waals surface area (Å²) in [6.45, 7) is 0. The van der Waals surface area contributed by atoms with Crippen LogP contribution in [-0.4, -0.2) is 51.1 Å². The largest absolute Gasteiger partial charge is 0.469 e. The number of rotatable bonds is 7. The Balaban J connectivity index is 2.48. The van der Waals surface area contributed by atoms with Gasteiger partial charge in [-0.1, -0.05) is 0 Å². The fourth-order valence-electron chi connectivity index (χ4n) is 2.55. The van der Waals surface area contributed by atoms with Gasteiger partial charge in [0.1, 0.15) is 12.2 Å². The van der Waals surface area contributed by atoms with Crippen molar-refractivity contribution < 1.29 is 28.6 Å². The normalized spacial score (nSPS) is 26.1. The molecule has 20 heavy (non-hydrogen) atoms. The van der Waals surface area contributed by atoms with Crippen LogP contribution in [0.25, 0.3) is 0 Å². The maximum Gasteiger partial charge on any atom is 0.313 e. The summed E-state index contributed by atoms with van der Waals surface area (Å²) < 4.78 is 15.0. The molecule has 114 valence electrons. The van der Waals surface area contributed by atoms with Gasteiger partial charge in [-0.05, 0) is 19.3 Å². The molecule has 6 nitrogen and oxygen atoms in total. The summed E-state index contributed by atoms with van der Waals surface area (Å²) in [6, 6.07) is 0. The number of carbonyl (C=O) groups is 3. The lowest BCUT2D eigenvalue weighted by Crippen LogP contribution is -2.39. The van der Waals surface area contributed by atoms with Gasteiger partial charge >= 0.3 is 5.97 Å². The first-order valence-corrected chi connectivity index (χ1v) is 6.68. The molecule has 1 aliphatic carbocycles. The Hall–Kier alpha value is -1.27. The first-order valence-electron chi connectivity index (χ1n) is 6.68. The van der Waals surface area contributed by atoms with Crippen LogP contribution in [0.3, 0.4) is 0 Å². The van der Waals surface area contributed by atoms with Gasteiger partial charge in [-0.2, -0.15) is 0 Å². The van der Waals surface area contributed by atoms with Gasteiger partial charge in [0.2, 0.25) is 0 Å². The smallest absolute Gasteiger partial charge is 0.313 e. The van der Waals surface area contributed by atoms with Crippen molar-refractivity contribution in [3.8, 4) is 0 Å². The van der Waals surface area contributed by atoms with Crippen molar-refractivity contribution in [3.63, 3.8) is 0 Å². The minimum Gasteiger partial charge on any atom is -0.469 e. The molecule has 0 N–H and O–H groups in total. The van der Waals surface area contributed by atoms with Crippen molar-refractivity contribution in [3.05, 3.63) is 0 Å². The average Bonchev–Trinajstić information content (AvgIpc) is 2.45. The maximum atomic E-state index is 12.1. The molecule has 0 saturated heterocycles. The van der Waals surface area contributed by atoms with Gasteiger partial charge in [-0.15, -0.1) is 0 Å². The summed E-state index contributed by atoms with van der Waals surface area (Å²) in [5.74, 6) is -1.34. The SMILES string of the molecule is COC(=O)CC(=O)CC(=O)C1CCC(OC)C(OC)C1. The van der Waals surface area contributed by atoms with Gasteiger partial charge in [0.05, 0.1) is 25.7 Å². The van der Waals surface area contributed by atoms with Crippen LogP contribution in [0.4, 0.5) is 0 Å². The van der Waals surface area contributed by atoms with E-state index in [1.165, 1.54) is 7.11 Å². The van der Waals surface area contributed by atoms with E-state index in [0.29, 0.717) is 12.8 Å². The van der Waals surface area contributed by atoms with E-state index in [9.17, 15) is 14.4 Å². The second-order valence-corrected chi connectivity index (χ2v) is 4.99. The molecule has 0 amide bonds. The molecule has 3 atom stereocenters. The van der Waals surface area contributed by atoms with Crippen molar-refractivity contribution in [1.29, 1.82) is 0 Å². The van der Waals surface area contributed by atoms with E-state index >= 15 is 0 Å². The van der Waals surface area contributed by atoms with Crippen molar-refractivity contribution in [2.75, 3.05) is 21.3 Å². The Kier molecular flexibility index (Phi) is 6.81. The molecule has 6 heteroatoms. The van der Waals surface area contributed by atoms with Crippen LogP contribution < -0.4 is 0 Å². The molecule has 0 aromatic carbocycles. The Morgan fingerprint density at radius 2 is 1.60 bits per heavy atom. The second-order valence-electron chi connectivity index (χ2n) is 4.99. The molecule has 0 radical (unpaired) electrons. The Bertz CT molecular complexity index is 365. The molecular formula is C14H22O6. The van der Waals surface area contributed by atoms with Crippen LogP contribution >= 0.6 is 0 Å². The highest BCUT2D eigenvalue weighted by Crippen LogP contribution is 2.29. The van der Waals surface area contributed by atoms with Crippen molar-refractivity contribution in [2.24, 2.45) is 5.92 Å². The number of ketones is 2. The Labute approximate surface area is 118 Å². The third kappa shape index (κ3) is 4.68. The first kappa shape index (κ1) is 16.8. The summed E-state index contributed by atoms with van der Waals surface area (Å²) >= 11 is 0. The quantitative estimate of drug-likeness (QED) is 0.511. The lowest BCUT2D eigenvalue weighted by molar-refractivity contribution is -0.144. The van der Waals surface area contributed by atoms with E-state index in [-0.39, 0.29) is 36.8 Å². The number of methoxy groups -OCH3 is 3. The van der Waals surface area contributed by atoms with Crippen molar-refractivity contribution in [2.45, 2.75) is 44.3 Å². The summed E-state index contributed by atoms with van der Waals surface area (Å²) in [5, 5.41) is 0. The molecule has 0 bridgehead atoms. The molecule has 1 saturated carbocycles.